The Morgan fingerprint density at radius 2 is 1.50 bits per heavy atom. The molecule has 0 bridgehead atoms. The van der Waals surface area contributed by atoms with Gasteiger partial charge in [-0.05, 0) is 12.1 Å². The largest absolute Gasteiger partial charge is 0.418 e. The number of benzene rings is 2. The molecule has 98 valence electrons. The van der Waals surface area contributed by atoms with Crippen molar-refractivity contribution in [1.29, 1.82) is 0 Å². The third kappa shape index (κ3) is 2.51. The number of hydrogen-bond acceptors (Lipinski definition) is 3. The number of hydrogen-bond donors (Lipinski definition) is 0. The maximum atomic E-state index is 10.7. The van der Waals surface area contributed by atoms with Gasteiger partial charge in [-0.15, -0.1) is 0 Å². The summed E-state index contributed by atoms with van der Waals surface area (Å²) < 4.78 is 5.77. The van der Waals surface area contributed by atoms with Gasteiger partial charge in [0.15, 0.2) is 5.62 Å². The van der Waals surface area contributed by atoms with E-state index in [1.54, 1.807) is 0 Å². The number of rotatable bonds is 4. The summed E-state index contributed by atoms with van der Waals surface area (Å²) in [7, 11) is 0. The third-order valence-electron chi connectivity index (χ3n) is 2.90. The predicted octanol–water partition coefficient (Wildman–Crippen LogP) is 3.71. The van der Waals surface area contributed by atoms with E-state index in [9.17, 15) is 4.79 Å². The summed E-state index contributed by atoms with van der Waals surface area (Å²) in [6, 6.07) is 19.7. The molecule has 0 saturated heterocycles. The van der Waals surface area contributed by atoms with Crippen LogP contribution < -0.4 is 4.98 Å². The van der Waals surface area contributed by atoms with Crippen LogP contribution in [-0.4, -0.2) is 5.62 Å². The average molecular weight is 282 g/mol. The number of aromatic amines is 1. The van der Waals surface area contributed by atoms with E-state index < -0.39 is 0 Å². The number of nitrogens with one attached hydrogen (secondary N) is 1. The van der Waals surface area contributed by atoms with Gasteiger partial charge in [0.25, 0.3) is 5.69 Å². The molecular weight excluding hydrogens is 270 g/mol. The summed E-state index contributed by atoms with van der Waals surface area (Å²) in [6.45, 7) is 0. The van der Waals surface area contributed by atoms with Crippen LogP contribution in [0, 0.1) is 0 Å². The highest BCUT2D eigenvalue weighted by atomic mass is 32.2. The third-order valence-corrected chi connectivity index (χ3v) is 3.40. The van der Waals surface area contributed by atoms with Crippen molar-refractivity contribution in [2.45, 2.75) is 5.22 Å². The molecule has 0 atom stereocenters. The molecule has 1 aromatic heterocycles. The highest BCUT2D eigenvalue weighted by molar-refractivity contribution is 8.11. The van der Waals surface area contributed by atoms with Crippen molar-refractivity contribution < 1.29 is 14.2 Å². The Labute approximate surface area is 120 Å². The number of oxazole rings is 1. The first-order valence-electron chi connectivity index (χ1n) is 6.16. The standard InChI is InChI=1S/C16H11NO2S/c18-11-20-16-17-14(12-7-3-1-4-8-12)15(19-16)13-9-5-2-6-10-13/h1-11H/p+1. The average Bonchev–Trinajstić information content (AvgIpc) is 2.93. The van der Waals surface area contributed by atoms with Crippen molar-refractivity contribution in [3.8, 4) is 22.6 Å². The fourth-order valence-corrected chi connectivity index (χ4v) is 2.41. The molecule has 0 saturated carbocycles. The predicted molar refractivity (Wildman–Crippen MR) is 78.7 cm³/mol. The molecule has 1 heterocycles. The van der Waals surface area contributed by atoms with Gasteiger partial charge >= 0.3 is 5.22 Å². The molecule has 3 rings (SSSR count). The van der Waals surface area contributed by atoms with Gasteiger partial charge in [0.05, 0.1) is 17.3 Å². The number of thioether (sulfide) groups is 1. The smallest absolute Gasteiger partial charge is 0.392 e. The Morgan fingerprint density at radius 1 is 0.900 bits per heavy atom. The lowest BCUT2D eigenvalue weighted by Crippen LogP contribution is -2.04. The molecule has 0 aliphatic heterocycles. The zero-order valence-corrected chi connectivity index (χ0v) is 11.4. The van der Waals surface area contributed by atoms with Gasteiger partial charge in [-0.25, -0.2) is 0 Å². The Balaban J connectivity index is 2.15. The second-order valence-electron chi connectivity index (χ2n) is 4.16. The summed E-state index contributed by atoms with van der Waals surface area (Å²) in [5.74, 6) is 0.737. The monoisotopic (exact) mass is 282 g/mol. The lowest BCUT2D eigenvalue weighted by Gasteiger charge is -1.96. The fourth-order valence-electron chi connectivity index (χ4n) is 2.03. The number of carbonyl (C=O) groups is 1. The van der Waals surface area contributed by atoms with Crippen LogP contribution in [0.5, 0.6) is 0 Å². The normalized spacial score (nSPS) is 10.4. The minimum Gasteiger partial charge on any atom is -0.392 e. The number of H-pyrrole nitrogens is 1. The lowest BCUT2D eigenvalue weighted by molar-refractivity contribution is -0.427. The van der Waals surface area contributed by atoms with Crippen molar-refractivity contribution >= 4 is 17.4 Å². The summed E-state index contributed by atoms with van der Waals surface area (Å²) in [6.07, 6.45) is 0. The molecule has 3 aromatic rings. The molecule has 3 nitrogen and oxygen atoms in total. The van der Waals surface area contributed by atoms with Crippen LogP contribution in [-0.2, 0) is 4.79 Å². The second-order valence-corrected chi connectivity index (χ2v) is 4.96. The maximum absolute atomic E-state index is 10.7. The van der Waals surface area contributed by atoms with Gasteiger partial charge in [-0.2, -0.15) is 4.98 Å². The summed E-state index contributed by atoms with van der Waals surface area (Å²) in [5, 5.41) is 0.484. The van der Waals surface area contributed by atoms with Crippen LogP contribution in [0.2, 0.25) is 0 Å². The van der Waals surface area contributed by atoms with E-state index >= 15 is 0 Å². The minimum absolute atomic E-state index is 0.484. The van der Waals surface area contributed by atoms with Crippen LogP contribution in [0.1, 0.15) is 0 Å². The molecule has 4 heteroatoms. The van der Waals surface area contributed by atoms with Crippen LogP contribution in [0.3, 0.4) is 0 Å². The first-order chi connectivity index (χ1) is 9.88. The zero-order valence-electron chi connectivity index (χ0n) is 10.6. The first-order valence-corrected chi connectivity index (χ1v) is 7.03. The van der Waals surface area contributed by atoms with Crippen molar-refractivity contribution in [2.24, 2.45) is 0 Å². The molecule has 1 N–H and O–H groups in total. The maximum Gasteiger partial charge on any atom is 0.418 e. The van der Waals surface area contributed by atoms with Crippen LogP contribution in [0.15, 0.2) is 70.3 Å². The molecular formula is C16H12NO2S+. The molecule has 0 fully saturated rings. The molecule has 0 amide bonds. The molecule has 0 radical (unpaired) electrons. The van der Waals surface area contributed by atoms with E-state index in [2.05, 4.69) is 4.98 Å². The van der Waals surface area contributed by atoms with Crippen LogP contribution in [0.25, 0.3) is 22.6 Å². The molecule has 2 aromatic carbocycles. The lowest BCUT2D eigenvalue weighted by atomic mass is 10.1. The van der Waals surface area contributed by atoms with Gasteiger partial charge in [0, 0.05) is 5.56 Å². The quantitative estimate of drug-likeness (QED) is 0.541. The van der Waals surface area contributed by atoms with Gasteiger partial charge in [-0.1, -0.05) is 48.5 Å². The zero-order chi connectivity index (χ0) is 13.8. The van der Waals surface area contributed by atoms with Crippen molar-refractivity contribution in [3.05, 3.63) is 60.7 Å². The van der Waals surface area contributed by atoms with Crippen LogP contribution >= 0.6 is 11.8 Å². The van der Waals surface area contributed by atoms with Crippen LogP contribution in [0.4, 0.5) is 0 Å². The summed E-state index contributed by atoms with van der Waals surface area (Å²) in [5.41, 5.74) is 3.62. The van der Waals surface area contributed by atoms with E-state index in [0.29, 0.717) is 5.22 Å². The molecule has 0 unspecified atom stereocenters. The van der Waals surface area contributed by atoms with Crippen molar-refractivity contribution in [3.63, 3.8) is 0 Å². The van der Waals surface area contributed by atoms with E-state index in [1.807, 2.05) is 60.7 Å². The van der Waals surface area contributed by atoms with E-state index in [4.69, 9.17) is 4.42 Å². The highest BCUT2D eigenvalue weighted by Crippen LogP contribution is 2.31. The molecule has 0 spiro atoms. The Morgan fingerprint density at radius 3 is 2.10 bits per heavy atom. The SMILES string of the molecule is O=CSc1[nH+]c(-c2ccccc2)c(-c2ccccc2)o1. The Bertz CT molecular complexity index is 651. The topological polar surface area (TPSA) is 44.4 Å². The fraction of sp³-hybridized carbons (Fsp3) is 0. The van der Waals surface area contributed by atoms with Gasteiger partial charge in [0.1, 0.15) is 0 Å². The summed E-state index contributed by atoms with van der Waals surface area (Å²) in [4.78, 5) is 13.8. The van der Waals surface area contributed by atoms with E-state index in [0.717, 1.165) is 40.0 Å². The molecule has 0 aliphatic rings. The van der Waals surface area contributed by atoms with Gasteiger partial charge in [0.2, 0.25) is 5.76 Å². The first kappa shape index (κ1) is 12.7. The Kier molecular flexibility index (Phi) is 3.65. The minimum atomic E-state index is 0.484. The highest BCUT2D eigenvalue weighted by Gasteiger charge is 2.23. The van der Waals surface area contributed by atoms with Crippen molar-refractivity contribution in [1.82, 2.24) is 0 Å². The molecule has 0 aliphatic carbocycles. The molecule has 20 heavy (non-hydrogen) atoms. The van der Waals surface area contributed by atoms with Gasteiger partial charge in [-0.3, -0.25) is 4.79 Å². The van der Waals surface area contributed by atoms with E-state index in [-0.39, 0.29) is 0 Å². The number of aromatic nitrogens is 1. The number of carbonyl (C=O) groups excluding carboxylic acids is 1. The van der Waals surface area contributed by atoms with Crippen molar-refractivity contribution in [2.75, 3.05) is 0 Å². The Hall–Kier alpha value is -2.33. The van der Waals surface area contributed by atoms with E-state index in [1.165, 1.54) is 0 Å². The second kappa shape index (κ2) is 5.75. The van der Waals surface area contributed by atoms with Gasteiger partial charge < -0.3 is 4.42 Å². The summed E-state index contributed by atoms with van der Waals surface area (Å²) >= 11 is 0.997.